The minimum absolute atomic E-state index is 0.0546. The Morgan fingerprint density at radius 2 is 2.00 bits per heavy atom. The highest BCUT2D eigenvalue weighted by Gasteiger charge is 2.36. The van der Waals surface area contributed by atoms with E-state index in [2.05, 4.69) is 10.6 Å². The molecule has 0 aromatic rings. The second-order valence-corrected chi connectivity index (χ2v) is 8.52. The second-order valence-electron chi connectivity index (χ2n) is 6.26. The fourth-order valence-corrected chi connectivity index (χ4v) is 4.19. The van der Waals surface area contributed by atoms with Gasteiger partial charge in [-0.1, -0.05) is 0 Å². The Hall–Kier alpha value is -0.660. The highest BCUT2D eigenvalue weighted by molar-refractivity contribution is 7.89. The third kappa shape index (κ3) is 3.96. The van der Waals surface area contributed by atoms with Crippen molar-refractivity contribution in [1.82, 2.24) is 14.9 Å². The molecule has 0 spiro atoms. The lowest BCUT2D eigenvalue weighted by Gasteiger charge is -2.37. The molecule has 0 saturated carbocycles. The van der Waals surface area contributed by atoms with Crippen molar-refractivity contribution in [2.24, 2.45) is 0 Å². The van der Waals surface area contributed by atoms with Crippen LogP contribution in [-0.4, -0.2) is 55.6 Å². The van der Waals surface area contributed by atoms with Crippen molar-refractivity contribution in [2.45, 2.75) is 57.5 Å². The van der Waals surface area contributed by atoms with Gasteiger partial charge in [0.05, 0.1) is 11.3 Å². The van der Waals surface area contributed by atoms with Crippen molar-refractivity contribution in [3.8, 4) is 0 Å². The van der Waals surface area contributed by atoms with Gasteiger partial charge in [0.15, 0.2) is 0 Å². The van der Waals surface area contributed by atoms with Crippen LogP contribution in [0.2, 0.25) is 0 Å². The highest BCUT2D eigenvalue weighted by Crippen LogP contribution is 2.20. The monoisotopic (exact) mass is 317 g/mol. The summed E-state index contributed by atoms with van der Waals surface area (Å²) in [5, 5.41) is 6.40. The van der Waals surface area contributed by atoms with Crippen molar-refractivity contribution in [1.29, 1.82) is 0 Å². The van der Waals surface area contributed by atoms with Gasteiger partial charge >= 0.3 is 0 Å². The van der Waals surface area contributed by atoms with E-state index in [1.807, 2.05) is 6.92 Å². The average molecular weight is 317 g/mol. The minimum atomic E-state index is -3.10. The third-order valence-electron chi connectivity index (χ3n) is 4.67. The second kappa shape index (κ2) is 6.62. The van der Waals surface area contributed by atoms with Crippen molar-refractivity contribution in [3.63, 3.8) is 0 Å². The summed E-state index contributed by atoms with van der Waals surface area (Å²) in [4.78, 5) is 12.4. The molecule has 0 aliphatic carbocycles. The van der Waals surface area contributed by atoms with E-state index in [1.165, 1.54) is 4.31 Å². The number of piperidine rings is 2. The SMILES string of the molecule is CCS(=O)(=O)N1CCC(NC(=O)C2(C)CCCCN2)CC1. The number of carbonyl (C=O) groups excluding carboxylic acids is 1. The molecule has 2 fully saturated rings. The Morgan fingerprint density at radius 3 is 2.52 bits per heavy atom. The molecule has 2 aliphatic rings. The van der Waals surface area contributed by atoms with Gasteiger partial charge in [0.1, 0.15) is 0 Å². The van der Waals surface area contributed by atoms with Crippen LogP contribution in [0.4, 0.5) is 0 Å². The van der Waals surface area contributed by atoms with Gasteiger partial charge in [0, 0.05) is 19.1 Å². The van der Waals surface area contributed by atoms with E-state index in [9.17, 15) is 13.2 Å². The molecule has 2 N–H and O–H groups in total. The largest absolute Gasteiger partial charge is 0.352 e. The summed E-state index contributed by atoms with van der Waals surface area (Å²) < 4.78 is 25.2. The number of nitrogens with zero attached hydrogens (tertiary/aromatic N) is 1. The summed E-state index contributed by atoms with van der Waals surface area (Å²) in [6.07, 6.45) is 4.45. The predicted molar refractivity (Wildman–Crippen MR) is 82.5 cm³/mol. The van der Waals surface area contributed by atoms with E-state index in [1.54, 1.807) is 6.92 Å². The van der Waals surface area contributed by atoms with Crippen molar-refractivity contribution in [3.05, 3.63) is 0 Å². The minimum Gasteiger partial charge on any atom is -0.352 e. The quantitative estimate of drug-likeness (QED) is 0.789. The molecule has 2 aliphatic heterocycles. The average Bonchev–Trinajstić information content (AvgIpc) is 2.48. The number of amides is 1. The Labute approximate surface area is 127 Å². The van der Waals surface area contributed by atoms with Gasteiger partial charge in [0.25, 0.3) is 0 Å². The predicted octanol–water partition coefficient (Wildman–Crippen LogP) is 0.449. The molecule has 0 radical (unpaired) electrons. The molecule has 1 amide bonds. The zero-order chi connectivity index (χ0) is 15.5. The summed E-state index contributed by atoms with van der Waals surface area (Å²) in [6.45, 7) is 5.52. The molecule has 2 heterocycles. The Bertz CT molecular complexity index is 464. The smallest absolute Gasteiger partial charge is 0.240 e. The molecule has 6 nitrogen and oxygen atoms in total. The normalized spacial score (nSPS) is 29.2. The van der Waals surface area contributed by atoms with Crippen LogP contribution < -0.4 is 10.6 Å². The summed E-state index contributed by atoms with van der Waals surface area (Å²) in [5.74, 6) is 0.199. The van der Waals surface area contributed by atoms with Crippen LogP contribution in [0.5, 0.6) is 0 Å². The Morgan fingerprint density at radius 1 is 1.33 bits per heavy atom. The van der Waals surface area contributed by atoms with E-state index < -0.39 is 15.6 Å². The van der Waals surface area contributed by atoms with Crippen LogP contribution in [0, 0.1) is 0 Å². The number of hydrogen-bond acceptors (Lipinski definition) is 4. The maximum absolute atomic E-state index is 12.4. The lowest BCUT2D eigenvalue weighted by Crippen LogP contribution is -2.59. The Kier molecular flexibility index (Phi) is 5.27. The van der Waals surface area contributed by atoms with Gasteiger partial charge in [-0.05, 0) is 52.5 Å². The number of hydrogen-bond donors (Lipinski definition) is 2. The fourth-order valence-electron chi connectivity index (χ4n) is 3.06. The van der Waals surface area contributed by atoms with E-state index in [4.69, 9.17) is 0 Å². The van der Waals surface area contributed by atoms with Crippen molar-refractivity contribution < 1.29 is 13.2 Å². The van der Waals surface area contributed by atoms with Crippen LogP contribution in [0.1, 0.15) is 46.0 Å². The standard InChI is InChI=1S/C14H27N3O3S/c1-3-21(19,20)17-10-6-12(7-11-17)16-13(18)14(2)8-4-5-9-15-14/h12,15H,3-11H2,1-2H3,(H,16,18). The molecule has 0 aromatic heterocycles. The first-order valence-corrected chi connectivity index (χ1v) is 9.52. The molecule has 122 valence electrons. The molecular formula is C14H27N3O3S. The molecule has 0 aromatic carbocycles. The van der Waals surface area contributed by atoms with Gasteiger partial charge in [-0.3, -0.25) is 4.79 Å². The highest BCUT2D eigenvalue weighted by atomic mass is 32.2. The summed E-state index contributed by atoms with van der Waals surface area (Å²) in [7, 11) is -3.10. The lowest BCUT2D eigenvalue weighted by molar-refractivity contribution is -0.128. The first kappa shape index (κ1) is 16.7. The van der Waals surface area contributed by atoms with Crippen molar-refractivity contribution in [2.75, 3.05) is 25.4 Å². The topological polar surface area (TPSA) is 78.5 Å². The van der Waals surface area contributed by atoms with Gasteiger partial charge in [-0.2, -0.15) is 0 Å². The number of sulfonamides is 1. The lowest BCUT2D eigenvalue weighted by atomic mass is 9.89. The molecule has 7 heteroatoms. The molecule has 0 bridgehead atoms. The summed E-state index contributed by atoms with van der Waals surface area (Å²) in [6, 6.07) is 0.0846. The van der Waals surface area contributed by atoms with Crippen LogP contribution in [0.25, 0.3) is 0 Å². The van der Waals surface area contributed by atoms with Crippen LogP contribution in [-0.2, 0) is 14.8 Å². The van der Waals surface area contributed by atoms with E-state index >= 15 is 0 Å². The summed E-state index contributed by atoms with van der Waals surface area (Å²) in [5.41, 5.74) is -0.467. The maximum atomic E-state index is 12.4. The first-order valence-electron chi connectivity index (χ1n) is 7.91. The van der Waals surface area contributed by atoms with E-state index in [0.29, 0.717) is 25.9 Å². The maximum Gasteiger partial charge on any atom is 0.240 e. The van der Waals surface area contributed by atoms with Crippen LogP contribution in [0.3, 0.4) is 0 Å². The Balaban J connectivity index is 1.84. The fraction of sp³-hybridized carbons (Fsp3) is 0.929. The van der Waals surface area contributed by atoms with E-state index in [0.717, 1.165) is 25.8 Å². The molecule has 2 saturated heterocycles. The van der Waals surface area contributed by atoms with Gasteiger partial charge in [0.2, 0.25) is 15.9 Å². The molecular weight excluding hydrogens is 290 g/mol. The third-order valence-corrected chi connectivity index (χ3v) is 6.55. The zero-order valence-corrected chi connectivity index (χ0v) is 13.8. The van der Waals surface area contributed by atoms with Gasteiger partial charge < -0.3 is 10.6 Å². The molecule has 1 atom stereocenters. The number of nitrogens with one attached hydrogen (secondary N) is 2. The molecule has 2 rings (SSSR count). The van der Waals surface area contributed by atoms with Crippen LogP contribution in [0.15, 0.2) is 0 Å². The number of rotatable bonds is 4. The molecule has 1 unspecified atom stereocenters. The van der Waals surface area contributed by atoms with Crippen LogP contribution >= 0.6 is 0 Å². The van der Waals surface area contributed by atoms with Gasteiger partial charge in [-0.25, -0.2) is 12.7 Å². The summed E-state index contributed by atoms with van der Waals surface area (Å²) >= 11 is 0. The zero-order valence-electron chi connectivity index (χ0n) is 13.0. The number of carbonyl (C=O) groups is 1. The van der Waals surface area contributed by atoms with Gasteiger partial charge in [-0.15, -0.1) is 0 Å². The molecule has 21 heavy (non-hydrogen) atoms. The first-order chi connectivity index (χ1) is 9.87. The van der Waals surface area contributed by atoms with Crippen molar-refractivity contribution >= 4 is 15.9 Å². The van der Waals surface area contributed by atoms with E-state index in [-0.39, 0.29) is 17.7 Å².